The Morgan fingerprint density at radius 3 is 3.20 bits per heavy atom. The number of aromatic nitrogens is 4. The summed E-state index contributed by atoms with van der Waals surface area (Å²) in [5.41, 5.74) is 1.23. The van der Waals surface area contributed by atoms with E-state index in [1.165, 1.54) is 5.69 Å². The predicted molar refractivity (Wildman–Crippen MR) is 56.7 cm³/mol. The van der Waals surface area contributed by atoms with Gasteiger partial charge in [-0.25, -0.2) is 4.98 Å². The fourth-order valence-corrected chi connectivity index (χ4v) is 2.16. The zero-order valence-corrected chi connectivity index (χ0v) is 8.59. The van der Waals surface area contributed by atoms with Gasteiger partial charge in [0.15, 0.2) is 0 Å². The largest absolute Gasteiger partial charge is 0.356 e. The van der Waals surface area contributed by atoms with Crippen molar-refractivity contribution in [2.45, 2.75) is 12.5 Å². The number of hydrogen-bond donors (Lipinski definition) is 1. The van der Waals surface area contributed by atoms with E-state index in [1.54, 1.807) is 0 Å². The smallest absolute Gasteiger partial charge is 0.203 e. The molecule has 5 heteroatoms. The number of nitrogens with zero attached hydrogens (tertiary/aromatic N) is 4. The molecule has 1 atom stereocenters. The first-order chi connectivity index (χ1) is 7.36. The summed E-state index contributed by atoms with van der Waals surface area (Å²) in [5, 5.41) is 7.49. The number of imidazole rings is 1. The van der Waals surface area contributed by atoms with Gasteiger partial charge in [-0.1, -0.05) is 0 Å². The second-order valence-corrected chi connectivity index (χ2v) is 3.77. The summed E-state index contributed by atoms with van der Waals surface area (Å²) in [7, 11) is 1.98. The van der Waals surface area contributed by atoms with Crippen LogP contribution in [-0.2, 0) is 7.05 Å². The first kappa shape index (κ1) is 8.52. The molecule has 1 N–H and O–H groups in total. The summed E-state index contributed by atoms with van der Waals surface area (Å²) >= 11 is 0. The maximum absolute atomic E-state index is 4.27. The predicted octanol–water partition coefficient (Wildman–Crippen LogP) is 1.02. The molecule has 0 spiro atoms. The number of aryl methyl sites for hydroxylation is 1. The van der Waals surface area contributed by atoms with E-state index in [-0.39, 0.29) is 0 Å². The van der Waals surface area contributed by atoms with Crippen LogP contribution < -0.4 is 5.32 Å². The fourth-order valence-electron chi connectivity index (χ4n) is 2.16. The van der Waals surface area contributed by atoms with Crippen molar-refractivity contribution >= 4 is 5.95 Å². The van der Waals surface area contributed by atoms with Gasteiger partial charge in [-0.15, -0.1) is 0 Å². The molecule has 5 nitrogen and oxygen atoms in total. The highest BCUT2D eigenvalue weighted by atomic mass is 15.3. The Morgan fingerprint density at radius 2 is 2.40 bits per heavy atom. The summed E-state index contributed by atoms with van der Waals surface area (Å²) < 4.78 is 4.10. The monoisotopic (exact) mass is 203 g/mol. The van der Waals surface area contributed by atoms with Crippen LogP contribution in [0.4, 0.5) is 5.95 Å². The zero-order chi connectivity index (χ0) is 10.3. The third-order valence-electron chi connectivity index (χ3n) is 2.91. The topological polar surface area (TPSA) is 47.7 Å². The van der Waals surface area contributed by atoms with Crippen molar-refractivity contribution in [1.82, 2.24) is 19.3 Å². The van der Waals surface area contributed by atoms with E-state index in [0.717, 1.165) is 18.9 Å². The van der Waals surface area contributed by atoms with E-state index in [0.29, 0.717) is 6.04 Å². The molecule has 0 bridgehead atoms. The molecular weight excluding hydrogens is 190 g/mol. The number of anilines is 1. The Bertz CT molecular complexity index is 470. The molecule has 0 amide bonds. The lowest BCUT2D eigenvalue weighted by Crippen LogP contribution is -2.24. The molecule has 0 radical (unpaired) electrons. The molecule has 0 aromatic carbocycles. The van der Waals surface area contributed by atoms with Crippen LogP contribution >= 0.6 is 0 Å². The summed E-state index contributed by atoms with van der Waals surface area (Å²) in [6, 6.07) is 2.43. The lowest BCUT2D eigenvalue weighted by atomic mass is 10.1. The van der Waals surface area contributed by atoms with E-state index in [9.17, 15) is 0 Å². The molecule has 3 rings (SSSR count). The highest BCUT2D eigenvalue weighted by molar-refractivity contribution is 5.31. The van der Waals surface area contributed by atoms with E-state index >= 15 is 0 Å². The van der Waals surface area contributed by atoms with Crippen molar-refractivity contribution in [3.63, 3.8) is 0 Å². The van der Waals surface area contributed by atoms with Gasteiger partial charge in [0.2, 0.25) is 5.95 Å². The summed E-state index contributed by atoms with van der Waals surface area (Å²) in [4.78, 5) is 4.27. The Balaban J connectivity index is 2.07. The van der Waals surface area contributed by atoms with E-state index in [1.807, 2.05) is 30.3 Å². The molecule has 0 aliphatic carbocycles. The second-order valence-electron chi connectivity index (χ2n) is 3.77. The lowest BCUT2D eigenvalue weighted by Gasteiger charge is -2.26. The summed E-state index contributed by atoms with van der Waals surface area (Å²) in [6.07, 6.45) is 6.76. The molecule has 1 aliphatic heterocycles. The maximum Gasteiger partial charge on any atom is 0.203 e. The quantitative estimate of drug-likeness (QED) is 0.752. The average molecular weight is 203 g/mol. The van der Waals surface area contributed by atoms with Crippen molar-refractivity contribution in [2.75, 3.05) is 11.9 Å². The molecule has 78 valence electrons. The minimum atomic E-state index is 0.358. The molecule has 15 heavy (non-hydrogen) atoms. The standard InChI is InChI=1S/C10H13N5/c1-14-8(3-5-13-14)9-2-4-11-10-12-6-7-15(9)10/h3,5-7,9H,2,4H2,1H3,(H,11,12). The molecule has 0 saturated carbocycles. The van der Waals surface area contributed by atoms with Crippen LogP contribution in [0.3, 0.4) is 0 Å². The van der Waals surface area contributed by atoms with Crippen molar-refractivity contribution in [2.24, 2.45) is 7.05 Å². The van der Waals surface area contributed by atoms with Gasteiger partial charge < -0.3 is 9.88 Å². The minimum absolute atomic E-state index is 0.358. The van der Waals surface area contributed by atoms with E-state index in [4.69, 9.17) is 0 Å². The van der Waals surface area contributed by atoms with Gasteiger partial charge in [-0.2, -0.15) is 5.10 Å². The molecular formula is C10H13N5. The van der Waals surface area contributed by atoms with E-state index in [2.05, 4.69) is 26.0 Å². The van der Waals surface area contributed by atoms with Crippen LogP contribution in [0.5, 0.6) is 0 Å². The highest BCUT2D eigenvalue weighted by Gasteiger charge is 2.22. The number of nitrogens with one attached hydrogen (secondary N) is 1. The SMILES string of the molecule is Cn1nccc1C1CCNc2nccn21. The van der Waals surface area contributed by atoms with Crippen LogP contribution in [0, 0.1) is 0 Å². The number of fused-ring (bicyclic) bond motifs is 1. The van der Waals surface area contributed by atoms with Gasteiger partial charge in [0.25, 0.3) is 0 Å². The molecule has 1 aliphatic rings. The van der Waals surface area contributed by atoms with Gasteiger partial charge in [0, 0.05) is 32.2 Å². The molecule has 3 heterocycles. The van der Waals surface area contributed by atoms with Crippen LogP contribution in [0.25, 0.3) is 0 Å². The molecule has 0 saturated heterocycles. The first-order valence-electron chi connectivity index (χ1n) is 5.11. The fraction of sp³-hybridized carbons (Fsp3) is 0.400. The Kier molecular flexibility index (Phi) is 1.77. The van der Waals surface area contributed by atoms with Gasteiger partial charge in [0.05, 0.1) is 11.7 Å². The molecule has 2 aromatic rings. The average Bonchev–Trinajstić information content (AvgIpc) is 2.85. The van der Waals surface area contributed by atoms with Crippen molar-refractivity contribution < 1.29 is 0 Å². The zero-order valence-electron chi connectivity index (χ0n) is 8.59. The Morgan fingerprint density at radius 1 is 1.47 bits per heavy atom. The highest BCUT2D eigenvalue weighted by Crippen LogP contribution is 2.27. The maximum atomic E-state index is 4.27. The van der Waals surface area contributed by atoms with Crippen molar-refractivity contribution in [3.05, 3.63) is 30.4 Å². The molecule has 2 aromatic heterocycles. The second kappa shape index (κ2) is 3.12. The third kappa shape index (κ3) is 1.23. The van der Waals surface area contributed by atoms with Crippen LogP contribution in [0.15, 0.2) is 24.7 Å². The number of rotatable bonds is 1. The van der Waals surface area contributed by atoms with Gasteiger partial charge >= 0.3 is 0 Å². The summed E-state index contributed by atoms with van der Waals surface area (Å²) in [6.45, 7) is 0.965. The lowest BCUT2D eigenvalue weighted by molar-refractivity contribution is 0.492. The van der Waals surface area contributed by atoms with Crippen molar-refractivity contribution in [1.29, 1.82) is 0 Å². The summed E-state index contributed by atoms with van der Waals surface area (Å²) in [5.74, 6) is 0.951. The normalized spacial score (nSPS) is 19.7. The Labute approximate surface area is 87.7 Å². The van der Waals surface area contributed by atoms with Crippen LogP contribution in [-0.4, -0.2) is 25.9 Å². The first-order valence-corrected chi connectivity index (χ1v) is 5.11. The third-order valence-corrected chi connectivity index (χ3v) is 2.91. The van der Waals surface area contributed by atoms with Crippen molar-refractivity contribution in [3.8, 4) is 0 Å². The van der Waals surface area contributed by atoms with Gasteiger partial charge in [-0.3, -0.25) is 4.68 Å². The Hall–Kier alpha value is -1.78. The van der Waals surface area contributed by atoms with Gasteiger partial charge in [0.1, 0.15) is 0 Å². The van der Waals surface area contributed by atoms with Crippen LogP contribution in [0.1, 0.15) is 18.2 Å². The number of hydrogen-bond acceptors (Lipinski definition) is 3. The van der Waals surface area contributed by atoms with E-state index < -0.39 is 0 Å². The molecule has 0 fully saturated rings. The minimum Gasteiger partial charge on any atom is -0.356 e. The van der Waals surface area contributed by atoms with Crippen LogP contribution in [0.2, 0.25) is 0 Å². The molecule has 1 unspecified atom stereocenters. The van der Waals surface area contributed by atoms with Gasteiger partial charge in [-0.05, 0) is 12.5 Å².